The zero-order chi connectivity index (χ0) is 33.2. The third kappa shape index (κ3) is 4.98. The van der Waals surface area contributed by atoms with Crippen LogP contribution < -0.4 is 5.32 Å². The first kappa shape index (κ1) is 31.8. The summed E-state index contributed by atoms with van der Waals surface area (Å²) in [7, 11) is -3.82. The van der Waals surface area contributed by atoms with E-state index in [1.54, 1.807) is 50.2 Å². The van der Waals surface area contributed by atoms with E-state index in [0.717, 1.165) is 4.90 Å². The second-order valence-electron chi connectivity index (χ2n) is 12.4. The van der Waals surface area contributed by atoms with Gasteiger partial charge in [0, 0.05) is 4.75 Å². The number of thioether (sulfide) groups is 1. The Morgan fingerprint density at radius 3 is 2.35 bits per heavy atom. The molecule has 4 saturated heterocycles. The zero-order valence-corrected chi connectivity index (χ0v) is 26.9. The second kappa shape index (κ2) is 11.3. The fraction of sp³-hybridized carbons (Fsp3) is 0.467. The van der Waals surface area contributed by atoms with Crippen LogP contribution in [-0.4, -0.2) is 99.3 Å². The predicted molar refractivity (Wildman–Crippen MR) is 163 cm³/mol. The lowest BCUT2D eigenvalue weighted by molar-refractivity contribution is -0.181. The highest BCUT2D eigenvalue weighted by Gasteiger charge is 2.68. The number of rotatable bonds is 9. The molecule has 6 rings (SSSR count). The van der Waals surface area contributed by atoms with Crippen LogP contribution in [0.4, 0.5) is 0 Å². The van der Waals surface area contributed by atoms with Gasteiger partial charge in [0.1, 0.15) is 34.6 Å². The Morgan fingerprint density at radius 1 is 1.04 bits per heavy atom. The van der Waals surface area contributed by atoms with Crippen molar-refractivity contribution in [1.82, 2.24) is 15.1 Å². The molecule has 4 fully saturated rings. The Labute approximate surface area is 268 Å². The number of benzene rings is 1. The number of sulfone groups is 1. The van der Waals surface area contributed by atoms with Gasteiger partial charge < -0.3 is 29.0 Å². The van der Waals surface area contributed by atoms with Crippen molar-refractivity contribution in [2.45, 2.75) is 78.5 Å². The van der Waals surface area contributed by atoms with Crippen LogP contribution in [-0.2, 0) is 43.3 Å². The van der Waals surface area contributed by atoms with E-state index in [-0.39, 0.29) is 6.42 Å². The van der Waals surface area contributed by atoms with Crippen LogP contribution in [0.3, 0.4) is 0 Å². The Balaban J connectivity index is 1.09. The minimum Gasteiger partial charge on any atom is -0.463 e. The predicted octanol–water partition coefficient (Wildman–Crippen LogP) is 1.16. The van der Waals surface area contributed by atoms with Crippen molar-refractivity contribution >= 4 is 57.5 Å². The molecule has 4 aliphatic heterocycles. The smallest absolute Gasteiger partial charge is 0.333 e. The van der Waals surface area contributed by atoms with E-state index >= 15 is 0 Å². The standard InChI is InChI=1S/C30H32N4O10S2/c1-29(2)22(27(38)43-15-44-28(39)23-30(3,4)46(40,41)19-13-18(35)33(19)23)34-25(37)21(26(34)45-29)32-24(36)20(16-9-6-5-7-10-16)31-14-17-11-8-12-42-17/h5-12,14,19-23,26H,13,15H2,1-4H3,(H,32,36)/t19-,20+,21-,22+,23+,26-/m0/s1. The molecule has 1 aromatic carbocycles. The highest BCUT2D eigenvalue weighted by Crippen LogP contribution is 2.51. The second-order valence-corrected chi connectivity index (χ2v) is 16.9. The van der Waals surface area contributed by atoms with Crippen molar-refractivity contribution in [3.63, 3.8) is 0 Å². The number of hydrogen-bond acceptors (Lipinski definition) is 12. The minimum absolute atomic E-state index is 0.198. The molecule has 1 N–H and O–H groups in total. The number of amides is 3. The molecule has 0 spiro atoms. The average molecular weight is 673 g/mol. The molecule has 46 heavy (non-hydrogen) atoms. The first-order chi connectivity index (χ1) is 21.7. The van der Waals surface area contributed by atoms with E-state index in [0.29, 0.717) is 11.3 Å². The molecule has 1 aromatic heterocycles. The lowest BCUT2D eigenvalue weighted by Crippen LogP contribution is -2.71. The van der Waals surface area contributed by atoms with Crippen molar-refractivity contribution in [1.29, 1.82) is 0 Å². The number of nitrogens with one attached hydrogen (secondary N) is 1. The quantitative estimate of drug-likeness (QED) is 0.175. The van der Waals surface area contributed by atoms with Gasteiger partial charge in [-0.05, 0) is 45.4 Å². The van der Waals surface area contributed by atoms with Gasteiger partial charge >= 0.3 is 11.9 Å². The molecular weight excluding hydrogens is 640 g/mol. The Kier molecular flexibility index (Phi) is 7.78. The van der Waals surface area contributed by atoms with Crippen molar-refractivity contribution in [2.75, 3.05) is 6.79 Å². The summed E-state index contributed by atoms with van der Waals surface area (Å²) in [6.07, 6.45) is 2.72. The SMILES string of the molecule is CC1(C)S[C@H]2[C@@H](NC(=O)[C@H](N=Cc3ccco3)c3ccccc3)C(=O)N2[C@@H]1C(=O)OCOC(=O)[C@H]1N2C(=O)C[C@@H]2S(=O)(=O)C1(C)C. The van der Waals surface area contributed by atoms with E-state index in [4.69, 9.17) is 13.9 Å². The number of β-lactam (4-membered cyclic amide) rings is 2. The zero-order valence-electron chi connectivity index (χ0n) is 25.3. The van der Waals surface area contributed by atoms with Crippen LogP contribution >= 0.6 is 11.8 Å². The maximum atomic E-state index is 13.4. The third-order valence-electron chi connectivity index (χ3n) is 8.82. The largest absolute Gasteiger partial charge is 0.463 e. The number of carbonyl (C=O) groups is 5. The number of furan rings is 1. The molecule has 3 amide bonds. The molecular formula is C30H32N4O10S2. The van der Waals surface area contributed by atoms with Crippen LogP contribution in [0.2, 0.25) is 0 Å². The topological polar surface area (TPSA) is 182 Å². The maximum absolute atomic E-state index is 13.4. The van der Waals surface area contributed by atoms with Gasteiger partial charge in [-0.25, -0.2) is 18.0 Å². The molecule has 5 heterocycles. The number of nitrogens with zero attached hydrogens (tertiary/aromatic N) is 3. The van der Waals surface area contributed by atoms with Gasteiger partial charge in [0.2, 0.25) is 24.5 Å². The van der Waals surface area contributed by atoms with Gasteiger partial charge in [0.15, 0.2) is 15.9 Å². The number of hydrogen-bond donors (Lipinski definition) is 1. The molecule has 14 nitrogen and oxygen atoms in total. The Bertz CT molecular complexity index is 1720. The van der Waals surface area contributed by atoms with Crippen molar-refractivity contribution in [3.8, 4) is 0 Å². The van der Waals surface area contributed by atoms with Gasteiger partial charge in [-0.15, -0.1) is 11.8 Å². The lowest BCUT2D eigenvalue weighted by atomic mass is 9.95. The number of carbonyl (C=O) groups excluding carboxylic acids is 5. The monoisotopic (exact) mass is 672 g/mol. The summed E-state index contributed by atoms with van der Waals surface area (Å²) in [6, 6.07) is 7.90. The molecule has 16 heteroatoms. The van der Waals surface area contributed by atoms with Gasteiger partial charge in [0.05, 0.1) is 23.6 Å². The van der Waals surface area contributed by atoms with E-state index in [9.17, 15) is 32.4 Å². The van der Waals surface area contributed by atoms with Crippen molar-refractivity contribution in [2.24, 2.45) is 4.99 Å². The fourth-order valence-electron chi connectivity index (χ4n) is 6.32. The van der Waals surface area contributed by atoms with Gasteiger partial charge in [-0.1, -0.05) is 30.3 Å². The van der Waals surface area contributed by atoms with Gasteiger partial charge in [0.25, 0.3) is 0 Å². The van der Waals surface area contributed by atoms with E-state index < -0.39 is 90.7 Å². The highest BCUT2D eigenvalue weighted by atomic mass is 32.2. The molecule has 0 radical (unpaired) electrons. The molecule has 0 aliphatic carbocycles. The maximum Gasteiger partial charge on any atom is 0.333 e. The van der Waals surface area contributed by atoms with Crippen LogP contribution in [0.1, 0.15) is 51.5 Å². The third-order valence-corrected chi connectivity index (χ3v) is 13.2. The number of aliphatic imine (C=N–C) groups is 1. The van der Waals surface area contributed by atoms with Crippen molar-refractivity contribution < 1.29 is 46.3 Å². The molecule has 0 saturated carbocycles. The molecule has 0 unspecified atom stereocenters. The molecule has 6 atom stereocenters. The Hall–Kier alpha value is -4.18. The van der Waals surface area contributed by atoms with Crippen LogP contribution in [0.5, 0.6) is 0 Å². The number of fused-ring (bicyclic) bond motifs is 2. The number of ether oxygens (including phenoxy) is 2. The van der Waals surface area contributed by atoms with E-state index in [1.807, 2.05) is 6.07 Å². The molecule has 4 aliphatic rings. The molecule has 2 aromatic rings. The first-order valence-corrected chi connectivity index (χ1v) is 16.9. The van der Waals surface area contributed by atoms with Crippen LogP contribution in [0, 0.1) is 0 Å². The van der Waals surface area contributed by atoms with Gasteiger partial charge in [-0.2, -0.15) is 0 Å². The van der Waals surface area contributed by atoms with E-state index in [1.165, 1.54) is 43.0 Å². The van der Waals surface area contributed by atoms with Crippen LogP contribution in [0.25, 0.3) is 0 Å². The summed E-state index contributed by atoms with van der Waals surface area (Å²) in [5.41, 5.74) is 0.606. The first-order valence-electron chi connectivity index (χ1n) is 14.5. The summed E-state index contributed by atoms with van der Waals surface area (Å²) >= 11 is 1.31. The molecule has 0 bridgehead atoms. The fourth-order valence-corrected chi connectivity index (χ4v) is 10.1. The van der Waals surface area contributed by atoms with Gasteiger partial charge in [-0.3, -0.25) is 19.4 Å². The summed E-state index contributed by atoms with van der Waals surface area (Å²) in [5, 5.41) is 1.13. The summed E-state index contributed by atoms with van der Waals surface area (Å²) in [6.45, 7) is 5.36. The summed E-state index contributed by atoms with van der Waals surface area (Å²) < 4.78 is 38.8. The highest BCUT2D eigenvalue weighted by molar-refractivity contribution is 8.01. The van der Waals surface area contributed by atoms with Crippen LogP contribution in [0.15, 0.2) is 58.1 Å². The average Bonchev–Trinajstić information content (AvgIpc) is 3.64. The normalized spacial score (nSPS) is 28.9. The van der Waals surface area contributed by atoms with Crippen molar-refractivity contribution in [3.05, 3.63) is 60.1 Å². The summed E-state index contributed by atoms with van der Waals surface area (Å²) in [5.74, 6) is -2.88. The minimum atomic E-state index is -3.82. The molecule has 244 valence electrons. The Morgan fingerprint density at radius 2 is 1.72 bits per heavy atom. The summed E-state index contributed by atoms with van der Waals surface area (Å²) in [4.78, 5) is 71.8. The number of esters is 2. The van der Waals surface area contributed by atoms with E-state index in [2.05, 4.69) is 10.3 Å². The lowest BCUT2D eigenvalue weighted by Gasteiger charge is -2.44.